The van der Waals surface area contributed by atoms with Gasteiger partial charge in [-0.1, -0.05) is 37.6 Å². The summed E-state index contributed by atoms with van der Waals surface area (Å²) in [6.07, 6.45) is 4.16. The number of hydrogen-bond acceptors (Lipinski definition) is 3. The summed E-state index contributed by atoms with van der Waals surface area (Å²) in [7, 11) is 0. The van der Waals surface area contributed by atoms with Crippen molar-refractivity contribution >= 4 is 11.9 Å². The van der Waals surface area contributed by atoms with Gasteiger partial charge in [0.15, 0.2) is 5.96 Å². The maximum Gasteiger partial charge on any atom is 0.221 e. The summed E-state index contributed by atoms with van der Waals surface area (Å²) in [6.45, 7) is 6.19. The molecule has 0 bridgehead atoms. The number of nitrogens with one attached hydrogen (secondary N) is 1. The molecule has 6 heteroatoms. The number of primary amides is 1. The number of rotatable bonds is 8. The van der Waals surface area contributed by atoms with E-state index in [1.54, 1.807) is 0 Å². The van der Waals surface area contributed by atoms with Crippen LogP contribution < -0.4 is 16.8 Å². The van der Waals surface area contributed by atoms with Crippen LogP contribution in [0, 0.1) is 5.92 Å². The van der Waals surface area contributed by atoms with E-state index in [2.05, 4.69) is 46.4 Å². The highest BCUT2D eigenvalue weighted by molar-refractivity contribution is 5.77. The zero-order chi connectivity index (χ0) is 18.1. The molecule has 0 aliphatic carbocycles. The first-order valence-corrected chi connectivity index (χ1v) is 9.21. The van der Waals surface area contributed by atoms with Crippen molar-refractivity contribution < 1.29 is 4.79 Å². The molecule has 1 amide bonds. The van der Waals surface area contributed by atoms with Gasteiger partial charge in [-0.2, -0.15) is 0 Å². The van der Waals surface area contributed by atoms with E-state index in [0.29, 0.717) is 12.5 Å². The summed E-state index contributed by atoms with van der Waals surface area (Å²) in [5.41, 5.74) is 13.7. The number of piperidine rings is 1. The standard InChI is InChI=1S/C19H31N5O/c1-2-3-9-22-19(21)23-12-15-6-4-7-16(11-15)13-24-10-5-8-17(14-24)18(20)25/h4,6-7,11,17H,2-3,5,8-10,12-14H2,1H3,(H2,20,25)(H3,21,22,23). The number of amides is 1. The number of nitrogens with two attached hydrogens (primary N) is 2. The molecule has 0 saturated carbocycles. The average Bonchev–Trinajstić information content (AvgIpc) is 2.61. The Kier molecular flexibility index (Phi) is 7.73. The summed E-state index contributed by atoms with van der Waals surface area (Å²) in [4.78, 5) is 18.1. The van der Waals surface area contributed by atoms with E-state index in [9.17, 15) is 4.79 Å². The van der Waals surface area contributed by atoms with Crippen molar-refractivity contribution in [1.29, 1.82) is 0 Å². The first-order valence-electron chi connectivity index (χ1n) is 9.21. The van der Waals surface area contributed by atoms with Crippen molar-refractivity contribution in [3.05, 3.63) is 35.4 Å². The minimum atomic E-state index is -0.182. The van der Waals surface area contributed by atoms with Crippen molar-refractivity contribution in [2.45, 2.75) is 45.7 Å². The Balaban J connectivity index is 1.88. The lowest BCUT2D eigenvalue weighted by molar-refractivity contribution is -0.123. The fourth-order valence-corrected chi connectivity index (χ4v) is 3.14. The Morgan fingerprint density at radius 3 is 2.92 bits per heavy atom. The van der Waals surface area contributed by atoms with Gasteiger partial charge in [-0.25, -0.2) is 4.99 Å². The van der Waals surface area contributed by atoms with E-state index in [1.165, 1.54) is 5.56 Å². The molecule has 0 aromatic heterocycles. The van der Waals surface area contributed by atoms with Crippen molar-refractivity contribution in [2.24, 2.45) is 22.4 Å². The van der Waals surface area contributed by atoms with Crippen LogP contribution in [0.15, 0.2) is 29.3 Å². The van der Waals surface area contributed by atoms with Crippen LogP contribution in [0.1, 0.15) is 43.7 Å². The number of likely N-dealkylation sites (tertiary alicyclic amines) is 1. The Hall–Kier alpha value is -2.08. The fraction of sp³-hybridized carbons (Fsp3) is 0.579. The van der Waals surface area contributed by atoms with E-state index in [4.69, 9.17) is 11.5 Å². The number of carbonyl (C=O) groups is 1. The molecule has 1 saturated heterocycles. The highest BCUT2D eigenvalue weighted by atomic mass is 16.1. The lowest BCUT2D eigenvalue weighted by Gasteiger charge is -2.31. The molecule has 6 nitrogen and oxygen atoms in total. The van der Waals surface area contributed by atoms with Crippen molar-refractivity contribution in [3.63, 3.8) is 0 Å². The van der Waals surface area contributed by atoms with Crippen LogP contribution in [-0.4, -0.2) is 36.4 Å². The number of carbonyl (C=O) groups excluding carboxylic acids is 1. The van der Waals surface area contributed by atoms with Crippen LogP contribution in [0.4, 0.5) is 0 Å². The molecular formula is C19H31N5O. The topological polar surface area (TPSA) is 96.7 Å². The molecule has 1 aliphatic heterocycles. The number of hydrogen-bond donors (Lipinski definition) is 3. The first kappa shape index (κ1) is 19.2. The van der Waals surface area contributed by atoms with Gasteiger partial charge in [0.25, 0.3) is 0 Å². The number of aliphatic imine (C=N–C) groups is 1. The SMILES string of the molecule is CCCCNC(N)=NCc1cccc(CN2CCCC(C(N)=O)C2)c1. The second-order valence-corrected chi connectivity index (χ2v) is 6.78. The molecule has 0 spiro atoms. The molecule has 1 aliphatic rings. The molecule has 1 aromatic carbocycles. The normalized spacial score (nSPS) is 18.9. The molecule has 1 heterocycles. The molecule has 0 radical (unpaired) electrons. The molecule has 2 rings (SSSR count). The molecule has 5 N–H and O–H groups in total. The zero-order valence-electron chi connectivity index (χ0n) is 15.2. The number of nitrogens with zero attached hydrogens (tertiary/aromatic N) is 2. The van der Waals surface area contributed by atoms with E-state index in [1.807, 2.05) is 0 Å². The predicted molar refractivity (Wildman–Crippen MR) is 102 cm³/mol. The lowest BCUT2D eigenvalue weighted by Crippen LogP contribution is -2.40. The van der Waals surface area contributed by atoms with E-state index in [-0.39, 0.29) is 11.8 Å². The molecule has 1 fully saturated rings. The molecule has 1 aromatic rings. The minimum Gasteiger partial charge on any atom is -0.370 e. The Bertz CT molecular complexity index is 587. The van der Waals surface area contributed by atoms with Crippen LogP contribution in [0.25, 0.3) is 0 Å². The molecule has 25 heavy (non-hydrogen) atoms. The molecular weight excluding hydrogens is 314 g/mol. The average molecular weight is 345 g/mol. The predicted octanol–water partition coefficient (Wildman–Crippen LogP) is 1.59. The third kappa shape index (κ3) is 6.74. The Morgan fingerprint density at radius 1 is 1.36 bits per heavy atom. The van der Waals surface area contributed by atoms with Crippen molar-refractivity contribution in [1.82, 2.24) is 10.2 Å². The van der Waals surface area contributed by atoms with Crippen LogP contribution >= 0.6 is 0 Å². The van der Waals surface area contributed by atoms with E-state index < -0.39 is 0 Å². The second-order valence-electron chi connectivity index (χ2n) is 6.78. The third-order valence-electron chi connectivity index (χ3n) is 4.57. The fourth-order valence-electron chi connectivity index (χ4n) is 3.14. The number of benzene rings is 1. The lowest BCUT2D eigenvalue weighted by atomic mass is 9.97. The molecule has 1 unspecified atom stereocenters. The number of unbranched alkanes of at least 4 members (excludes halogenated alkanes) is 1. The van der Waals surface area contributed by atoms with Crippen LogP contribution in [0.2, 0.25) is 0 Å². The van der Waals surface area contributed by atoms with E-state index >= 15 is 0 Å². The van der Waals surface area contributed by atoms with Gasteiger partial charge in [-0.05, 0) is 36.9 Å². The highest BCUT2D eigenvalue weighted by Crippen LogP contribution is 2.18. The van der Waals surface area contributed by atoms with Gasteiger partial charge in [-0.15, -0.1) is 0 Å². The third-order valence-corrected chi connectivity index (χ3v) is 4.57. The summed E-state index contributed by atoms with van der Waals surface area (Å²) < 4.78 is 0. The maximum absolute atomic E-state index is 11.4. The van der Waals surface area contributed by atoms with Crippen molar-refractivity contribution in [2.75, 3.05) is 19.6 Å². The smallest absolute Gasteiger partial charge is 0.221 e. The summed E-state index contributed by atoms with van der Waals surface area (Å²) in [5, 5.41) is 3.13. The van der Waals surface area contributed by atoms with Crippen molar-refractivity contribution in [3.8, 4) is 0 Å². The van der Waals surface area contributed by atoms with Crippen LogP contribution in [-0.2, 0) is 17.9 Å². The van der Waals surface area contributed by atoms with Gasteiger partial charge in [0.2, 0.25) is 5.91 Å². The van der Waals surface area contributed by atoms with Gasteiger partial charge in [0.05, 0.1) is 12.5 Å². The maximum atomic E-state index is 11.4. The monoisotopic (exact) mass is 345 g/mol. The zero-order valence-corrected chi connectivity index (χ0v) is 15.2. The van der Waals surface area contributed by atoms with Gasteiger partial charge in [0, 0.05) is 19.6 Å². The largest absolute Gasteiger partial charge is 0.370 e. The van der Waals surface area contributed by atoms with Gasteiger partial charge >= 0.3 is 0 Å². The highest BCUT2D eigenvalue weighted by Gasteiger charge is 2.23. The van der Waals surface area contributed by atoms with E-state index in [0.717, 1.165) is 57.4 Å². The Morgan fingerprint density at radius 2 is 2.16 bits per heavy atom. The summed E-state index contributed by atoms with van der Waals surface area (Å²) >= 11 is 0. The second kappa shape index (κ2) is 10.0. The quantitative estimate of drug-likeness (QED) is 0.379. The first-order chi connectivity index (χ1) is 12.1. The van der Waals surface area contributed by atoms with Crippen LogP contribution in [0.5, 0.6) is 0 Å². The Labute approximate surface area is 150 Å². The van der Waals surface area contributed by atoms with Gasteiger partial charge in [-0.3, -0.25) is 9.69 Å². The summed E-state index contributed by atoms with van der Waals surface area (Å²) in [5.74, 6) is 0.300. The summed E-state index contributed by atoms with van der Waals surface area (Å²) in [6, 6.07) is 8.39. The van der Waals surface area contributed by atoms with Gasteiger partial charge in [0.1, 0.15) is 0 Å². The minimum absolute atomic E-state index is 0.0180. The van der Waals surface area contributed by atoms with Crippen LogP contribution in [0.3, 0.4) is 0 Å². The number of guanidine groups is 1. The molecule has 1 atom stereocenters. The van der Waals surface area contributed by atoms with Gasteiger partial charge < -0.3 is 16.8 Å². The molecule has 138 valence electrons.